The first-order valence-corrected chi connectivity index (χ1v) is 10.1. The van der Waals surface area contributed by atoms with E-state index in [1.807, 2.05) is 0 Å². The third-order valence-electron chi connectivity index (χ3n) is 4.45. The molecule has 1 amide bonds. The normalized spacial score (nSPS) is 15.5. The molecule has 28 heavy (non-hydrogen) atoms. The van der Waals surface area contributed by atoms with E-state index >= 15 is 0 Å². The van der Waals surface area contributed by atoms with Crippen LogP contribution in [0.1, 0.15) is 10.4 Å². The molecule has 1 heterocycles. The molecule has 150 valence electrons. The summed E-state index contributed by atoms with van der Waals surface area (Å²) < 4.78 is 58.1. The minimum absolute atomic E-state index is 0.0238. The van der Waals surface area contributed by atoms with Crippen LogP contribution in [0.3, 0.4) is 0 Å². The number of nitrogens with zero attached hydrogens (tertiary/aromatic N) is 2. The Labute approximate surface area is 166 Å². The Balaban J connectivity index is 1.74. The molecule has 10 heteroatoms. The van der Waals surface area contributed by atoms with Gasteiger partial charge in [0.1, 0.15) is 5.75 Å². The van der Waals surface area contributed by atoms with Crippen LogP contribution in [0.2, 0.25) is 5.02 Å². The Kier molecular flexibility index (Phi) is 5.87. The zero-order valence-electron chi connectivity index (χ0n) is 14.9. The summed E-state index contributed by atoms with van der Waals surface area (Å²) in [5.41, 5.74) is 0.284. The molecule has 6 nitrogen and oxygen atoms in total. The number of benzene rings is 2. The molecule has 0 saturated carbocycles. The number of carbonyl (C=O) groups excluding carboxylic acids is 1. The summed E-state index contributed by atoms with van der Waals surface area (Å²) in [6.45, 7) is 0.320. The van der Waals surface area contributed by atoms with Crippen molar-refractivity contribution >= 4 is 27.5 Å². The van der Waals surface area contributed by atoms with Gasteiger partial charge in [-0.2, -0.15) is 4.31 Å². The summed E-state index contributed by atoms with van der Waals surface area (Å²) in [5, 5.41) is 0.378. The van der Waals surface area contributed by atoms with Gasteiger partial charge in [-0.3, -0.25) is 4.79 Å². The van der Waals surface area contributed by atoms with Gasteiger partial charge in [-0.15, -0.1) is 0 Å². The number of hydrogen-bond donors (Lipinski definition) is 0. The number of sulfonamides is 1. The van der Waals surface area contributed by atoms with E-state index in [1.165, 1.54) is 18.1 Å². The first-order valence-electron chi connectivity index (χ1n) is 8.32. The highest BCUT2D eigenvalue weighted by atomic mass is 35.5. The van der Waals surface area contributed by atoms with Gasteiger partial charge in [0.25, 0.3) is 5.91 Å². The molecule has 0 unspecified atom stereocenters. The standard InChI is InChI=1S/C18H17ClF2N2O4S/c1-27-17-5-2-12(19)10-14(17)18(24)22-6-8-23(9-7-22)28(25,26)13-3-4-15(20)16(21)11-13/h2-5,10-11H,6-9H2,1H3. The van der Waals surface area contributed by atoms with Crippen molar-refractivity contribution in [2.24, 2.45) is 0 Å². The number of hydrogen-bond acceptors (Lipinski definition) is 4. The Bertz CT molecular complexity index is 1010. The van der Waals surface area contributed by atoms with Crippen molar-refractivity contribution in [1.29, 1.82) is 0 Å². The summed E-state index contributed by atoms with van der Waals surface area (Å²) in [7, 11) is -2.55. The highest BCUT2D eigenvalue weighted by Crippen LogP contribution is 2.25. The van der Waals surface area contributed by atoms with Gasteiger partial charge in [0.2, 0.25) is 10.0 Å². The largest absolute Gasteiger partial charge is 0.496 e. The van der Waals surface area contributed by atoms with E-state index in [2.05, 4.69) is 0 Å². The minimum Gasteiger partial charge on any atom is -0.496 e. The van der Waals surface area contributed by atoms with E-state index in [4.69, 9.17) is 16.3 Å². The summed E-state index contributed by atoms with van der Waals surface area (Å²) in [6, 6.07) is 7.12. The highest BCUT2D eigenvalue weighted by Gasteiger charge is 2.31. The zero-order chi connectivity index (χ0) is 20.5. The van der Waals surface area contributed by atoms with Gasteiger partial charge in [-0.25, -0.2) is 17.2 Å². The first-order chi connectivity index (χ1) is 13.2. The van der Waals surface area contributed by atoms with Crippen LogP contribution >= 0.6 is 11.6 Å². The van der Waals surface area contributed by atoms with Gasteiger partial charge in [-0.05, 0) is 36.4 Å². The van der Waals surface area contributed by atoms with Crippen LogP contribution in [0.4, 0.5) is 8.78 Å². The summed E-state index contributed by atoms with van der Waals surface area (Å²) in [5.74, 6) is -2.32. The summed E-state index contributed by atoms with van der Waals surface area (Å²) in [4.78, 5) is 13.9. The zero-order valence-corrected chi connectivity index (χ0v) is 16.4. The maximum absolute atomic E-state index is 13.4. The fourth-order valence-electron chi connectivity index (χ4n) is 2.94. The van der Waals surface area contributed by atoms with Crippen LogP contribution < -0.4 is 4.74 Å². The average molecular weight is 431 g/mol. The molecule has 0 bridgehead atoms. The van der Waals surface area contributed by atoms with Gasteiger partial charge in [0.05, 0.1) is 17.6 Å². The molecular formula is C18H17ClF2N2O4S. The van der Waals surface area contributed by atoms with Crippen molar-refractivity contribution in [1.82, 2.24) is 9.21 Å². The summed E-state index contributed by atoms with van der Waals surface area (Å²) >= 11 is 5.96. The van der Waals surface area contributed by atoms with Crippen molar-refractivity contribution in [2.45, 2.75) is 4.90 Å². The Morgan fingerprint density at radius 3 is 2.32 bits per heavy atom. The molecule has 1 aliphatic rings. The van der Waals surface area contributed by atoms with E-state index in [0.29, 0.717) is 16.8 Å². The molecule has 1 saturated heterocycles. The number of halogens is 3. The molecule has 2 aromatic carbocycles. The van der Waals surface area contributed by atoms with Crippen LogP contribution in [0.15, 0.2) is 41.3 Å². The van der Waals surface area contributed by atoms with E-state index in [0.717, 1.165) is 16.4 Å². The van der Waals surface area contributed by atoms with Crippen molar-refractivity contribution in [3.05, 3.63) is 58.6 Å². The lowest BCUT2D eigenvalue weighted by Crippen LogP contribution is -2.50. The number of carbonyl (C=O) groups is 1. The predicted octanol–water partition coefficient (Wildman–Crippen LogP) is 2.77. The van der Waals surface area contributed by atoms with Gasteiger partial charge < -0.3 is 9.64 Å². The Hall–Kier alpha value is -2.23. The van der Waals surface area contributed by atoms with Crippen molar-refractivity contribution in [2.75, 3.05) is 33.3 Å². The van der Waals surface area contributed by atoms with Crippen LogP contribution in [0.5, 0.6) is 5.75 Å². The molecule has 0 N–H and O–H groups in total. The Morgan fingerprint density at radius 1 is 1.04 bits per heavy atom. The van der Waals surface area contributed by atoms with Crippen molar-refractivity contribution < 1.29 is 26.7 Å². The van der Waals surface area contributed by atoms with Crippen molar-refractivity contribution in [3.8, 4) is 5.75 Å². The highest BCUT2D eigenvalue weighted by molar-refractivity contribution is 7.89. The molecule has 1 fully saturated rings. The molecule has 0 aromatic heterocycles. The quantitative estimate of drug-likeness (QED) is 0.748. The van der Waals surface area contributed by atoms with E-state index in [1.54, 1.807) is 12.1 Å². The fraction of sp³-hybridized carbons (Fsp3) is 0.278. The van der Waals surface area contributed by atoms with E-state index in [-0.39, 0.29) is 42.5 Å². The van der Waals surface area contributed by atoms with Gasteiger partial charge in [-0.1, -0.05) is 11.6 Å². The van der Waals surface area contributed by atoms with E-state index in [9.17, 15) is 22.0 Å². The van der Waals surface area contributed by atoms with Crippen LogP contribution in [-0.2, 0) is 10.0 Å². The van der Waals surface area contributed by atoms with E-state index < -0.39 is 21.7 Å². The second-order valence-corrected chi connectivity index (χ2v) is 8.49. The molecule has 2 aromatic rings. The smallest absolute Gasteiger partial charge is 0.257 e. The van der Waals surface area contributed by atoms with Gasteiger partial charge in [0, 0.05) is 31.2 Å². The SMILES string of the molecule is COc1ccc(Cl)cc1C(=O)N1CCN(S(=O)(=O)c2ccc(F)c(F)c2)CC1. The summed E-state index contributed by atoms with van der Waals surface area (Å²) in [6.07, 6.45) is 0. The second kappa shape index (κ2) is 8.02. The van der Waals surface area contributed by atoms with Gasteiger partial charge in [0.15, 0.2) is 11.6 Å². The average Bonchev–Trinajstić information content (AvgIpc) is 2.69. The molecule has 0 radical (unpaired) electrons. The molecule has 0 spiro atoms. The third kappa shape index (κ3) is 3.96. The molecule has 1 aliphatic heterocycles. The third-order valence-corrected chi connectivity index (χ3v) is 6.58. The van der Waals surface area contributed by atoms with Crippen molar-refractivity contribution in [3.63, 3.8) is 0 Å². The lowest BCUT2D eigenvalue weighted by molar-refractivity contribution is 0.0694. The molecular weight excluding hydrogens is 414 g/mol. The molecule has 3 rings (SSSR count). The minimum atomic E-state index is -3.99. The Morgan fingerprint density at radius 2 is 1.71 bits per heavy atom. The monoisotopic (exact) mass is 430 g/mol. The van der Waals surface area contributed by atoms with Gasteiger partial charge >= 0.3 is 0 Å². The second-order valence-electron chi connectivity index (χ2n) is 6.12. The van der Waals surface area contributed by atoms with Crippen LogP contribution in [-0.4, -0.2) is 56.8 Å². The fourth-order valence-corrected chi connectivity index (χ4v) is 4.54. The molecule has 0 atom stereocenters. The lowest BCUT2D eigenvalue weighted by Gasteiger charge is -2.34. The maximum Gasteiger partial charge on any atom is 0.257 e. The number of ether oxygens (including phenoxy) is 1. The lowest BCUT2D eigenvalue weighted by atomic mass is 10.1. The topological polar surface area (TPSA) is 66.9 Å². The predicted molar refractivity (Wildman–Crippen MR) is 99.0 cm³/mol. The number of methoxy groups -OCH3 is 1. The van der Waals surface area contributed by atoms with Crippen LogP contribution in [0.25, 0.3) is 0 Å². The molecule has 0 aliphatic carbocycles. The maximum atomic E-state index is 13.4. The van der Waals surface area contributed by atoms with Crippen LogP contribution in [0, 0.1) is 11.6 Å². The number of rotatable bonds is 4. The first kappa shape index (κ1) is 20.5. The number of piperazine rings is 1. The number of amides is 1.